The average Bonchev–Trinajstić information content (AvgIpc) is 2.79. The standard InChI is InChI=1S/C12H13N3O2/c16-12(17)11-9-13-14-15(11)8-4-7-10-5-2-1-3-6-10/h1-3,5-6,9H,4,7-8H2,(H,16,17). The Morgan fingerprint density at radius 1 is 1.29 bits per heavy atom. The summed E-state index contributed by atoms with van der Waals surface area (Å²) in [5, 5.41) is 16.2. The van der Waals surface area contributed by atoms with Crippen molar-refractivity contribution in [3.05, 3.63) is 47.8 Å². The molecule has 0 aliphatic heterocycles. The van der Waals surface area contributed by atoms with Gasteiger partial charge in [0.25, 0.3) is 0 Å². The van der Waals surface area contributed by atoms with Crippen LogP contribution >= 0.6 is 0 Å². The monoisotopic (exact) mass is 231 g/mol. The largest absolute Gasteiger partial charge is 0.476 e. The van der Waals surface area contributed by atoms with Gasteiger partial charge in [-0.3, -0.25) is 0 Å². The zero-order valence-corrected chi connectivity index (χ0v) is 9.28. The van der Waals surface area contributed by atoms with Gasteiger partial charge in [-0.25, -0.2) is 9.48 Å². The van der Waals surface area contributed by atoms with Gasteiger partial charge in [-0.1, -0.05) is 35.5 Å². The molecule has 0 unspecified atom stereocenters. The Kier molecular flexibility index (Phi) is 3.49. The lowest BCUT2D eigenvalue weighted by molar-refractivity contribution is 0.0683. The molecule has 0 aliphatic rings. The van der Waals surface area contributed by atoms with Crippen LogP contribution in [0.25, 0.3) is 0 Å². The second kappa shape index (κ2) is 5.25. The molecule has 0 radical (unpaired) electrons. The Labute approximate surface area is 98.7 Å². The van der Waals surface area contributed by atoms with E-state index in [1.165, 1.54) is 16.4 Å². The normalized spacial score (nSPS) is 10.4. The van der Waals surface area contributed by atoms with Crippen molar-refractivity contribution < 1.29 is 9.90 Å². The molecule has 1 N–H and O–H groups in total. The number of aromatic nitrogens is 3. The third-order valence-corrected chi connectivity index (χ3v) is 2.52. The molecule has 2 aromatic rings. The van der Waals surface area contributed by atoms with Crippen LogP contribution in [0.2, 0.25) is 0 Å². The summed E-state index contributed by atoms with van der Waals surface area (Å²) in [5.41, 5.74) is 1.38. The quantitative estimate of drug-likeness (QED) is 0.848. The van der Waals surface area contributed by atoms with Gasteiger partial charge in [0.05, 0.1) is 6.20 Å². The minimum absolute atomic E-state index is 0.137. The number of benzene rings is 1. The van der Waals surface area contributed by atoms with E-state index in [0.717, 1.165) is 12.8 Å². The molecule has 17 heavy (non-hydrogen) atoms. The second-order valence-electron chi connectivity index (χ2n) is 3.74. The molecule has 5 heteroatoms. The van der Waals surface area contributed by atoms with E-state index < -0.39 is 5.97 Å². The van der Waals surface area contributed by atoms with Gasteiger partial charge in [-0.05, 0) is 18.4 Å². The van der Waals surface area contributed by atoms with E-state index in [-0.39, 0.29) is 5.69 Å². The van der Waals surface area contributed by atoms with Gasteiger partial charge in [-0.2, -0.15) is 0 Å². The summed E-state index contributed by atoms with van der Waals surface area (Å²) in [6.45, 7) is 0.566. The predicted octanol–water partition coefficient (Wildman–Crippen LogP) is 1.61. The predicted molar refractivity (Wildman–Crippen MR) is 61.7 cm³/mol. The molecule has 0 amide bonds. The smallest absolute Gasteiger partial charge is 0.355 e. The molecule has 5 nitrogen and oxygen atoms in total. The molecule has 1 aromatic carbocycles. The van der Waals surface area contributed by atoms with E-state index in [2.05, 4.69) is 22.4 Å². The molecular formula is C12H13N3O2. The Hall–Kier alpha value is -2.17. The molecule has 0 saturated heterocycles. The molecule has 2 rings (SSSR count). The fraction of sp³-hybridized carbons (Fsp3) is 0.250. The fourth-order valence-corrected chi connectivity index (χ4v) is 1.67. The van der Waals surface area contributed by atoms with Crippen LogP contribution in [0, 0.1) is 0 Å². The van der Waals surface area contributed by atoms with Gasteiger partial charge in [-0.15, -0.1) is 5.10 Å². The highest BCUT2D eigenvalue weighted by molar-refractivity contribution is 5.85. The van der Waals surface area contributed by atoms with Crippen LogP contribution in [-0.2, 0) is 13.0 Å². The summed E-state index contributed by atoms with van der Waals surface area (Å²) in [7, 11) is 0. The molecule has 1 aromatic heterocycles. The summed E-state index contributed by atoms with van der Waals surface area (Å²) in [5.74, 6) is -0.991. The van der Waals surface area contributed by atoms with E-state index in [4.69, 9.17) is 5.11 Å². The van der Waals surface area contributed by atoms with E-state index in [1.807, 2.05) is 18.2 Å². The van der Waals surface area contributed by atoms with Crippen LogP contribution < -0.4 is 0 Å². The number of hydrogen-bond acceptors (Lipinski definition) is 3. The van der Waals surface area contributed by atoms with Gasteiger partial charge in [0.1, 0.15) is 0 Å². The van der Waals surface area contributed by atoms with Crippen molar-refractivity contribution in [2.24, 2.45) is 0 Å². The number of rotatable bonds is 5. The molecule has 88 valence electrons. The van der Waals surface area contributed by atoms with Crippen molar-refractivity contribution in [1.29, 1.82) is 0 Å². The first-order chi connectivity index (χ1) is 8.27. The van der Waals surface area contributed by atoms with Crippen LogP contribution in [0.4, 0.5) is 0 Å². The molecule has 1 heterocycles. The number of carboxylic acid groups (broad SMARTS) is 1. The van der Waals surface area contributed by atoms with Crippen molar-refractivity contribution in [1.82, 2.24) is 15.0 Å². The molecule has 0 atom stereocenters. The van der Waals surface area contributed by atoms with E-state index in [9.17, 15) is 4.79 Å². The van der Waals surface area contributed by atoms with Crippen molar-refractivity contribution in [2.45, 2.75) is 19.4 Å². The Bertz CT molecular complexity index is 493. The summed E-state index contributed by atoms with van der Waals surface area (Å²) in [6.07, 6.45) is 3.01. The maximum absolute atomic E-state index is 10.8. The lowest BCUT2D eigenvalue weighted by atomic mass is 10.1. The lowest BCUT2D eigenvalue weighted by Gasteiger charge is -2.03. The lowest BCUT2D eigenvalue weighted by Crippen LogP contribution is -2.10. The van der Waals surface area contributed by atoms with Crippen molar-refractivity contribution in [2.75, 3.05) is 0 Å². The van der Waals surface area contributed by atoms with Gasteiger partial charge >= 0.3 is 5.97 Å². The number of carbonyl (C=O) groups is 1. The van der Waals surface area contributed by atoms with Crippen LogP contribution in [0.1, 0.15) is 22.5 Å². The Balaban J connectivity index is 1.90. The average molecular weight is 231 g/mol. The van der Waals surface area contributed by atoms with Crippen LogP contribution in [0.15, 0.2) is 36.5 Å². The van der Waals surface area contributed by atoms with Crippen molar-refractivity contribution in [3.63, 3.8) is 0 Å². The molecular weight excluding hydrogens is 218 g/mol. The number of carboxylic acids is 1. The molecule has 0 bridgehead atoms. The Morgan fingerprint density at radius 2 is 2.06 bits per heavy atom. The highest BCUT2D eigenvalue weighted by Gasteiger charge is 2.10. The van der Waals surface area contributed by atoms with Crippen LogP contribution in [0.5, 0.6) is 0 Å². The number of hydrogen-bond donors (Lipinski definition) is 1. The maximum atomic E-state index is 10.8. The topological polar surface area (TPSA) is 68.0 Å². The number of aromatic carboxylic acids is 1. The molecule has 0 aliphatic carbocycles. The third kappa shape index (κ3) is 2.90. The van der Waals surface area contributed by atoms with E-state index in [0.29, 0.717) is 6.54 Å². The van der Waals surface area contributed by atoms with Gasteiger partial charge in [0.2, 0.25) is 0 Å². The Morgan fingerprint density at radius 3 is 2.76 bits per heavy atom. The van der Waals surface area contributed by atoms with Crippen molar-refractivity contribution >= 4 is 5.97 Å². The van der Waals surface area contributed by atoms with E-state index in [1.54, 1.807) is 0 Å². The van der Waals surface area contributed by atoms with Gasteiger partial charge in [0, 0.05) is 6.54 Å². The third-order valence-electron chi connectivity index (χ3n) is 2.52. The number of aryl methyl sites for hydroxylation is 2. The fourth-order valence-electron chi connectivity index (χ4n) is 1.67. The molecule has 0 saturated carbocycles. The zero-order chi connectivity index (χ0) is 12.1. The van der Waals surface area contributed by atoms with Crippen LogP contribution in [0.3, 0.4) is 0 Å². The van der Waals surface area contributed by atoms with Gasteiger partial charge in [0.15, 0.2) is 5.69 Å². The van der Waals surface area contributed by atoms with Crippen molar-refractivity contribution in [3.8, 4) is 0 Å². The van der Waals surface area contributed by atoms with Crippen LogP contribution in [-0.4, -0.2) is 26.1 Å². The SMILES string of the molecule is O=C(O)c1cnnn1CCCc1ccccc1. The first kappa shape index (κ1) is 11.3. The molecule has 0 fully saturated rings. The summed E-state index contributed by atoms with van der Waals surface area (Å²) >= 11 is 0. The first-order valence-electron chi connectivity index (χ1n) is 5.43. The minimum atomic E-state index is -0.991. The summed E-state index contributed by atoms with van der Waals surface area (Å²) in [6, 6.07) is 10.1. The summed E-state index contributed by atoms with van der Waals surface area (Å²) in [4.78, 5) is 10.8. The second-order valence-corrected chi connectivity index (χ2v) is 3.74. The highest BCUT2D eigenvalue weighted by atomic mass is 16.4. The highest BCUT2D eigenvalue weighted by Crippen LogP contribution is 2.05. The molecule has 0 spiro atoms. The summed E-state index contributed by atoms with van der Waals surface area (Å²) < 4.78 is 1.42. The minimum Gasteiger partial charge on any atom is -0.476 e. The maximum Gasteiger partial charge on any atom is 0.355 e. The number of nitrogens with zero attached hydrogens (tertiary/aromatic N) is 3. The van der Waals surface area contributed by atoms with E-state index >= 15 is 0 Å². The van der Waals surface area contributed by atoms with Gasteiger partial charge < -0.3 is 5.11 Å². The zero-order valence-electron chi connectivity index (χ0n) is 9.28. The first-order valence-corrected chi connectivity index (χ1v) is 5.43.